The van der Waals surface area contributed by atoms with Crippen LogP contribution in [-0.4, -0.2) is 53.1 Å². The number of rotatable bonds is 5. The van der Waals surface area contributed by atoms with Gasteiger partial charge in [0.25, 0.3) is 5.92 Å². The molecule has 2 aliphatic rings. The molecule has 160 valence electrons. The highest BCUT2D eigenvalue weighted by molar-refractivity contribution is 5.88. The molecule has 4 rings (SSSR count). The average molecular weight is 425 g/mol. The van der Waals surface area contributed by atoms with Crippen LogP contribution in [0.25, 0.3) is 0 Å². The Kier molecular flexibility index (Phi) is 5.55. The second-order valence-electron chi connectivity index (χ2n) is 7.58. The van der Waals surface area contributed by atoms with Crippen LogP contribution in [0.15, 0.2) is 48.9 Å². The summed E-state index contributed by atoms with van der Waals surface area (Å²) in [5.41, 5.74) is 0.146. The number of nitriles is 1. The SMILES string of the molecule is COc1cnccc1C(F)(F)/C=C/C(=O)N1CC2CC[C@@H](C1)N2c1ccc(C#N)cn1. The molecular weight excluding hydrogens is 404 g/mol. The molecule has 0 aliphatic carbocycles. The molecule has 0 N–H and O–H groups in total. The van der Waals surface area contributed by atoms with Crippen LogP contribution >= 0.6 is 0 Å². The van der Waals surface area contributed by atoms with Gasteiger partial charge in [-0.15, -0.1) is 0 Å². The van der Waals surface area contributed by atoms with Gasteiger partial charge >= 0.3 is 0 Å². The highest BCUT2D eigenvalue weighted by Gasteiger charge is 2.42. The zero-order chi connectivity index (χ0) is 22.0. The lowest BCUT2D eigenvalue weighted by molar-refractivity contribution is -0.127. The minimum atomic E-state index is -3.36. The molecule has 2 aromatic rings. The number of ether oxygens (including phenoxy) is 1. The van der Waals surface area contributed by atoms with Gasteiger partial charge < -0.3 is 14.5 Å². The van der Waals surface area contributed by atoms with E-state index in [4.69, 9.17) is 10.00 Å². The van der Waals surface area contributed by atoms with E-state index in [0.29, 0.717) is 24.7 Å². The lowest BCUT2D eigenvalue weighted by Gasteiger charge is -2.41. The van der Waals surface area contributed by atoms with Crippen molar-refractivity contribution in [2.24, 2.45) is 0 Å². The van der Waals surface area contributed by atoms with Crippen molar-refractivity contribution in [1.82, 2.24) is 14.9 Å². The topological polar surface area (TPSA) is 82.4 Å². The number of pyridine rings is 2. The highest BCUT2D eigenvalue weighted by atomic mass is 19.3. The summed E-state index contributed by atoms with van der Waals surface area (Å²) in [6.45, 7) is 0.872. The number of aromatic nitrogens is 2. The van der Waals surface area contributed by atoms with Gasteiger partial charge in [-0.3, -0.25) is 9.78 Å². The van der Waals surface area contributed by atoms with Crippen molar-refractivity contribution in [2.75, 3.05) is 25.1 Å². The van der Waals surface area contributed by atoms with E-state index in [2.05, 4.69) is 14.9 Å². The van der Waals surface area contributed by atoms with E-state index in [-0.39, 0.29) is 23.4 Å². The normalized spacial score (nSPS) is 20.7. The average Bonchev–Trinajstić information content (AvgIpc) is 3.06. The second-order valence-corrected chi connectivity index (χ2v) is 7.58. The number of allylic oxidation sites excluding steroid dienone is 1. The molecule has 9 heteroatoms. The minimum Gasteiger partial charge on any atom is -0.495 e. The molecule has 2 aliphatic heterocycles. The first-order valence-electron chi connectivity index (χ1n) is 9.92. The van der Waals surface area contributed by atoms with E-state index < -0.39 is 11.8 Å². The number of alkyl halides is 2. The van der Waals surface area contributed by atoms with Crippen LogP contribution in [0.5, 0.6) is 5.75 Å². The summed E-state index contributed by atoms with van der Waals surface area (Å²) < 4.78 is 34.2. The quantitative estimate of drug-likeness (QED) is 0.685. The Morgan fingerprint density at radius 2 is 2.00 bits per heavy atom. The van der Waals surface area contributed by atoms with Gasteiger partial charge in [-0.25, -0.2) is 4.98 Å². The Balaban J connectivity index is 1.46. The maximum atomic E-state index is 14.6. The molecule has 1 unspecified atom stereocenters. The Morgan fingerprint density at radius 3 is 2.61 bits per heavy atom. The van der Waals surface area contributed by atoms with E-state index >= 15 is 0 Å². The molecule has 4 heterocycles. The molecule has 0 spiro atoms. The number of amides is 1. The number of nitrogens with zero attached hydrogens (tertiary/aromatic N) is 5. The predicted molar refractivity (Wildman–Crippen MR) is 109 cm³/mol. The summed E-state index contributed by atoms with van der Waals surface area (Å²) in [5, 5.41) is 8.94. The summed E-state index contributed by atoms with van der Waals surface area (Å²) in [6, 6.07) is 6.89. The molecule has 2 atom stereocenters. The number of hydrogen-bond acceptors (Lipinski definition) is 6. The van der Waals surface area contributed by atoms with Gasteiger partial charge in [-0.1, -0.05) is 0 Å². The number of piperazine rings is 1. The molecule has 2 fully saturated rings. The van der Waals surface area contributed by atoms with Crippen molar-refractivity contribution >= 4 is 11.7 Å². The van der Waals surface area contributed by atoms with Gasteiger partial charge in [0.05, 0.1) is 24.4 Å². The van der Waals surface area contributed by atoms with Gasteiger partial charge in [0, 0.05) is 43.6 Å². The van der Waals surface area contributed by atoms with E-state index in [9.17, 15) is 13.6 Å². The number of carbonyl (C=O) groups is 1. The summed E-state index contributed by atoms with van der Waals surface area (Å²) >= 11 is 0. The van der Waals surface area contributed by atoms with Gasteiger partial charge in [-0.2, -0.15) is 14.0 Å². The zero-order valence-corrected chi connectivity index (χ0v) is 16.9. The number of halogens is 2. The summed E-state index contributed by atoms with van der Waals surface area (Å²) in [5.74, 6) is -3.08. The summed E-state index contributed by atoms with van der Waals surface area (Å²) in [4.78, 5) is 24.6. The highest BCUT2D eigenvalue weighted by Crippen LogP contribution is 2.36. The van der Waals surface area contributed by atoms with Crippen molar-refractivity contribution in [3.63, 3.8) is 0 Å². The van der Waals surface area contributed by atoms with E-state index in [1.807, 2.05) is 12.1 Å². The van der Waals surface area contributed by atoms with E-state index in [1.165, 1.54) is 31.8 Å². The van der Waals surface area contributed by atoms with Crippen molar-refractivity contribution in [3.05, 3.63) is 60.1 Å². The van der Waals surface area contributed by atoms with Crippen molar-refractivity contribution < 1.29 is 18.3 Å². The first kappa shape index (κ1) is 20.7. The predicted octanol–water partition coefficient (Wildman–Crippen LogP) is 2.88. The number of fused-ring (bicyclic) bond motifs is 2. The fourth-order valence-electron chi connectivity index (χ4n) is 4.25. The maximum Gasteiger partial charge on any atom is 0.295 e. The number of anilines is 1. The van der Waals surface area contributed by atoms with Gasteiger partial charge in [0.1, 0.15) is 17.6 Å². The lowest BCUT2D eigenvalue weighted by atomic mass is 10.1. The number of methoxy groups -OCH3 is 1. The standard InChI is InChI=1S/C22H21F2N5O2/c1-31-19-12-26-9-7-18(19)22(23,24)8-6-21(30)28-13-16-3-4-17(14-28)29(16)20-5-2-15(10-25)11-27-20/h2,5-9,11-12,16-17H,3-4,13-14H2,1H3/b8-6+/t16-,17?/m0/s1. The first-order chi connectivity index (χ1) is 14.9. The zero-order valence-electron chi connectivity index (χ0n) is 16.9. The fraction of sp³-hybridized carbons (Fsp3) is 0.364. The van der Waals surface area contributed by atoms with Gasteiger partial charge in [-0.05, 0) is 37.1 Å². The van der Waals surface area contributed by atoms with Crippen LogP contribution in [-0.2, 0) is 10.7 Å². The van der Waals surface area contributed by atoms with Crippen LogP contribution in [0.2, 0.25) is 0 Å². The monoisotopic (exact) mass is 425 g/mol. The molecule has 2 aromatic heterocycles. The second kappa shape index (κ2) is 8.30. The lowest BCUT2D eigenvalue weighted by Crippen LogP contribution is -2.55. The largest absolute Gasteiger partial charge is 0.495 e. The van der Waals surface area contributed by atoms with Crippen LogP contribution in [0, 0.1) is 11.3 Å². The van der Waals surface area contributed by atoms with Gasteiger partial charge in [0.15, 0.2) is 0 Å². The van der Waals surface area contributed by atoms with E-state index in [1.54, 1.807) is 11.0 Å². The number of carbonyl (C=O) groups excluding carboxylic acids is 1. The fourth-order valence-corrected chi connectivity index (χ4v) is 4.25. The Bertz CT molecular complexity index is 1020. The third-order valence-corrected chi connectivity index (χ3v) is 5.73. The van der Waals surface area contributed by atoms with Crippen LogP contribution < -0.4 is 9.64 Å². The van der Waals surface area contributed by atoms with Crippen molar-refractivity contribution in [1.29, 1.82) is 5.26 Å². The molecule has 7 nitrogen and oxygen atoms in total. The number of hydrogen-bond donors (Lipinski definition) is 0. The third kappa shape index (κ3) is 4.06. The van der Waals surface area contributed by atoms with Crippen molar-refractivity contribution in [3.8, 4) is 11.8 Å². The molecule has 31 heavy (non-hydrogen) atoms. The summed E-state index contributed by atoms with van der Waals surface area (Å²) in [7, 11) is 1.30. The third-order valence-electron chi connectivity index (χ3n) is 5.73. The molecule has 1 amide bonds. The van der Waals surface area contributed by atoms with Crippen LogP contribution in [0.4, 0.5) is 14.6 Å². The van der Waals surface area contributed by atoms with Crippen LogP contribution in [0.1, 0.15) is 24.0 Å². The minimum absolute atomic E-state index is 0.0359. The molecule has 2 bridgehead atoms. The molecule has 2 saturated heterocycles. The Hall–Kier alpha value is -3.54. The Morgan fingerprint density at radius 1 is 1.26 bits per heavy atom. The smallest absolute Gasteiger partial charge is 0.295 e. The molecule has 0 radical (unpaired) electrons. The number of likely N-dealkylation sites (tertiary alicyclic amines) is 1. The molecule has 0 aromatic carbocycles. The first-order valence-corrected chi connectivity index (χ1v) is 9.92. The van der Waals surface area contributed by atoms with E-state index in [0.717, 1.165) is 24.7 Å². The summed E-state index contributed by atoms with van der Waals surface area (Å²) in [6.07, 6.45) is 7.35. The molecule has 0 saturated carbocycles. The van der Waals surface area contributed by atoms with Crippen LogP contribution in [0.3, 0.4) is 0 Å². The Labute approximate surface area is 178 Å². The molecular formula is C22H21F2N5O2. The van der Waals surface area contributed by atoms with Crippen molar-refractivity contribution in [2.45, 2.75) is 30.8 Å². The maximum absolute atomic E-state index is 14.6. The van der Waals surface area contributed by atoms with Gasteiger partial charge in [0.2, 0.25) is 5.91 Å².